The zero-order valence-corrected chi connectivity index (χ0v) is 11.7. The summed E-state index contributed by atoms with van der Waals surface area (Å²) in [5.41, 5.74) is -3.90. The first kappa shape index (κ1) is 17.2. The Labute approximate surface area is 130 Å². The van der Waals surface area contributed by atoms with Gasteiger partial charge in [-0.3, -0.25) is 14.5 Å². The first-order valence-corrected chi connectivity index (χ1v) is 6.26. The molecule has 0 aromatic heterocycles. The van der Waals surface area contributed by atoms with Crippen LogP contribution in [0.1, 0.15) is 17.5 Å². The fourth-order valence-electron chi connectivity index (χ4n) is 1.88. The second-order valence-corrected chi connectivity index (χ2v) is 4.91. The molecule has 0 aliphatic carbocycles. The monoisotopic (exact) mass is 356 g/mol. The standard InChI is InChI=1S/C12H6F6N2O2S/c13-11(14,15)5-1-6(12(16,17)18)3-7(2-5)20-9(22)4-8(21)19-10(20)23/h1-3H,4H2,(H,19,21,23). The fourth-order valence-corrected chi connectivity index (χ4v) is 2.20. The molecule has 2 rings (SSSR count). The van der Waals surface area contributed by atoms with E-state index in [1.807, 2.05) is 5.32 Å². The molecule has 1 N–H and O–H groups in total. The summed E-state index contributed by atoms with van der Waals surface area (Å²) in [6, 6.07) is 0.646. The SMILES string of the molecule is O=C1CC(=O)N(c2cc(C(F)(F)F)cc(C(F)(F)F)c2)C(=S)N1. The number of halogens is 6. The van der Waals surface area contributed by atoms with E-state index in [0.717, 1.165) is 0 Å². The van der Waals surface area contributed by atoms with Crippen molar-refractivity contribution in [2.45, 2.75) is 18.8 Å². The average Bonchev–Trinajstić information content (AvgIpc) is 2.35. The molecule has 124 valence electrons. The Morgan fingerprint density at radius 3 is 1.83 bits per heavy atom. The number of hydrogen-bond acceptors (Lipinski definition) is 3. The van der Waals surface area contributed by atoms with Crippen LogP contribution in [0.2, 0.25) is 0 Å². The Morgan fingerprint density at radius 1 is 0.957 bits per heavy atom. The molecule has 11 heteroatoms. The Balaban J connectivity index is 2.60. The van der Waals surface area contributed by atoms with Crippen molar-refractivity contribution in [3.8, 4) is 0 Å². The van der Waals surface area contributed by atoms with Crippen molar-refractivity contribution in [2.75, 3.05) is 4.90 Å². The molecule has 4 nitrogen and oxygen atoms in total. The number of carbonyl (C=O) groups is 2. The minimum atomic E-state index is -5.06. The van der Waals surface area contributed by atoms with E-state index in [-0.39, 0.29) is 6.07 Å². The van der Waals surface area contributed by atoms with Gasteiger partial charge in [0.1, 0.15) is 6.42 Å². The highest BCUT2D eigenvalue weighted by molar-refractivity contribution is 7.80. The third-order valence-electron chi connectivity index (χ3n) is 2.84. The van der Waals surface area contributed by atoms with Crippen LogP contribution in [0.5, 0.6) is 0 Å². The zero-order chi connectivity index (χ0) is 17.6. The number of carbonyl (C=O) groups excluding carboxylic acids is 2. The Morgan fingerprint density at radius 2 is 1.43 bits per heavy atom. The summed E-state index contributed by atoms with van der Waals surface area (Å²) in [7, 11) is 0. The predicted molar refractivity (Wildman–Crippen MR) is 69.3 cm³/mol. The van der Waals surface area contributed by atoms with Gasteiger partial charge in [-0.05, 0) is 30.4 Å². The predicted octanol–water partition coefficient (Wildman–Crippen LogP) is 2.86. The summed E-state index contributed by atoms with van der Waals surface area (Å²) in [6.45, 7) is 0. The van der Waals surface area contributed by atoms with Gasteiger partial charge < -0.3 is 5.32 Å². The maximum absolute atomic E-state index is 12.8. The van der Waals surface area contributed by atoms with Gasteiger partial charge in [0.25, 0.3) is 0 Å². The molecule has 2 amide bonds. The van der Waals surface area contributed by atoms with Crippen molar-refractivity contribution in [1.82, 2.24) is 5.32 Å². The number of rotatable bonds is 1. The molecular formula is C12H6F6N2O2S. The molecule has 1 aliphatic heterocycles. The molecule has 0 bridgehead atoms. The number of amides is 2. The molecule has 1 heterocycles. The highest BCUT2D eigenvalue weighted by Gasteiger charge is 2.39. The molecule has 1 fully saturated rings. The van der Waals surface area contributed by atoms with Crippen molar-refractivity contribution in [1.29, 1.82) is 0 Å². The van der Waals surface area contributed by atoms with Crippen LogP contribution in [0.3, 0.4) is 0 Å². The molecule has 23 heavy (non-hydrogen) atoms. The van der Waals surface area contributed by atoms with Crippen LogP contribution in [0.15, 0.2) is 18.2 Å². The largest absolute Gasteiger partial charge is 0.416 e. The molecule has 1 aromatic rings. The molecular weight excluding hydrogens is 350 g/mol. The second kappa shape index (κ2) is 5.48. The lowest BCUT2D eigenvalue weighted by Crippen LogP contribution is -2.52. The maximum Gasteiger partial charge on any atom is 0.416 e. The quantitative estimate of drug-likeness (QED) is 0.478. The number of anilines is 1. The van der Waals surface area contributed by atoms with E-state index in [1.54, 1.807) is 0 Å². The topological polar surface area (TPSA) is 49.4 Å². The highest BCUT2D eigenvalue weighted by Crippen LogP contribution is 2.38. The van der Waals surface area contributed by atoms with Crippen molar-refractivity contribution in [3.05, 3.63) is 29.3 Å². The Kier molecular flexibility index (Phi) is 4.09. The van der Waals surface area contributed by atoms with Gasteiger partial charge in [-0.15, -0.1) is 0 Å². The van der Waals surface area contributed by atoms with Gasteiger partial charge in [0.05, 0.1) is 16.8 Å². The van der Waals surface area contributed by atoms with Gasteiger partial charge in [0.2, 0.25) is 11.8 Å². The van der Waals surface area contributed by atoms with Crippen LogP contribution in [-0.2, 0) is 21.9 Å². The number of nitrogens with zero attached hydrogens (tertiary/aromatic N) is 1. The molecule has 0 atom stereocenters. The smallest absolute Gasteiger partial charge is 0.302 e. The van der Waals surface area contributed by atoms with Gasteiger partial charge in [-0.1, -0.05) is 0 Å². The lowest BCUT2D eigenvalue weighted by molar-refractivity contribution is -0.143. The fraction of sp³-hybridized carbons (Fsp3) is 0.250. The zero-order valence-electron chi connectivity index (χ0n) is 10.9. The van der Waals surface area contributed by atoms with Crippen molar-refractivity contribution in [3.63, 3.8) is 0 Å². The van der Waals surface area contributed by atoms with Crippen molar-refractivity contribution >= 4 is 34.8 Å². The van der Waals surface area contributed by atoms with Crippen LogP contribution in [0.25, 0.3) is 0 Å². The Hall–Kier alpha value is -2.17. The lowest BCUT2D eigenvalue weighted by Gasteiger charge is -2.28. The van der Waals surface area contributed by atoms with Crippen LogP contribution in [0, 0.1) is 0 Å². The van der Waals surface area contributed by atoms with Crippen LogP contribution in [-0.4, -0.2) is 16.9 Å². The van der Waals surface area contributed by atoms with Crippen LogP contribution >= 0.6 is 12.2 Å². The summed E-state index contributed by atoms with van der Waals surface area (Å²) in [5.74, 6) is -1.81. The molecule has 0 saturated carbocycles. The van der Waals surface area contributed by atoms with Gasteiger partial charge in [-0.2, -0.15) is 26.3 Å². The van der Waals surface area contributed by atoms with Crippen molar-refractivity contribution < 1.29 is 35.9 Å². The van der Waals surface area contributed by atoms with Gasteiger partial charge in [0.15, 0.2) is 5.11 Å². The third kappa shape index (κ3) is 3.60. The molecule has 1 aliphatic rings. The van der Waals surface area contributed by atoms with Gasteiger partial charge in [-0.25, -0.2) is 0 Å². The minimum absolute atomic E-state index is 0.0699. The van der Waals surface area contributed by atoms with Crippen molar-refractivity contribution in [2.24, 2.45) is 0 Å². The number of benzene rings is 1. The van der Waals surface area contributed by atoms with Gasteiger partial charge in [0, 0.05) is 0 Å². The summed E-state index contributed by atoms with van der Waals surface area (Å²) >= 11 is 4.65. The molecule has 1 aromatic carbocycles. The Bertz CT molecular complexity index is 646. The minimum Gasteiger partial charge on any atom is -0.302 e. The van der Waals surface area contributed by atoms with E-state index in [2.05, 4.69) is 12.2 Å². The first-order valence-electron chi connectivity index (χ1n) is 5.86. The maximum atomic E-state index is 12.8. The number of thiocarbonyl (C=S) groups is 1. The van der Waals surface area contributed by atoms with E-state index in [0.29, 0.717) is 17.0 Å². The summed E-state index contributed by atoms with van der Waals surface area (Å²) in [5, 5.41) is 1.43. The second-order valence-electron chi connectivity index (χ2n) is 4.52. The summed E-state index contributed by atoms with van der Waals surface area (Å²) in [4.78, 5) is 23.3. The lowest BCUT2D eigenvalue weighted by atomic mass is 10.1. The van der Waals surface area contributed by atoms with Crippen LogP contribution in [0.4, 0.5) is 32.0 Å². The molecule has 0 radical (unpaired) electrons. The van der Waals surface area contributed by atoms with E-state index < -0.39 is 52.5 Å². The normalized spacial score (nSPS) is 16.6. The summed E-state index contributed by atoms with van der Waals surface area (Å²) in [6.07, 6.45) is -10.9. The molecule has 1 saturated heterocycles. The highest BCUT2D eigenvalue weighted by atomic mass is 32.1. The molecule has 0 unspecified atom stereocenters. The van der Waals surface area contributed by atoms with Gasteiger partial charge >= 0.3 is 12.4 Å². The van der Waals surface area contributed by atoms with E-state index in [1.165, 1.54) is 0 Å². The van der Waals surface area contributed by atoms with Crippen LogP contribution < -0.4 is 10.2 Å². The summed E-state index contributed by atoms with van der Waals surface area (Å²) < 4.78 is 76.7. The number of alkyl halides is 6. The van der Waals surface area contributed by atoms with E-state index >= 15 is 0 Å². The van der Waals surface area contributed by atoms with E-state index in [4.69, 9.17) is 0 Å². The number of nitrogens with one attached hydrogen (secondary N) is 1. The average molecular weight is 356 g/mol. The number of hydrogen-bond donors (Lipinski definition) is 1. The molecule has 0 spiro atoms. The van der Waals surface area contributed by atoms with E-state index in [9.17, 15) is 35.9 Å². The third-order valence-corrected chi connectivity index (χ3v) is 3.13. The first-order chi connectivity index (χ1) is 10.4.